The fourth-order valence-corrected chi connectivity index (χ4v) is 2.47. The standard InChI is InChI=1S/C15H29N3O/c1-14(2,6-5-7-16)12-17-13-15(3,4)18-8-10-19-11-9-18/h17H,5-6,8-13H2,1-4H3. The molecule has 1 aliphatic heterocycles. The van der Waals surface area contributed by atoms with Crippen LogP contribution in [0.4, 0.5) is 0 Å². The van der Waals surface area contributed by atoms with Gasteiger partial charge in [-0.1, -0.05) is 13.8 Å². The summed E-state index contributed by atoms with van der Waals surface area (Å²) < 4.78 is 5.41. The fourth-order valence-electron chi connectivity index (χ4n) is 2.47. The van der Waals surface area contributed by atoms with E-state index in [4.69, 9.17) is 10.00 Å². The molecular formula is C15H29N3O. The van der Waals surface area contributed by atoms with Crippen molar-refractivity contribution in [3.63, 3.8) is 0 Å². The van der Waals surface area contributed by atoms with Crippen molar-refractivity contribution in [2.75, 3.05) is 39.4 Å². The first-order chi connectivity index (χ1) is 8.87. The van der Waals surface area contributed by atoms with Crippen molar-refractivity contribution in [2.45, 2.75) is 46.1 Å². The number of nitrogens with one attached hydrogen (secondary N) is 1. The highest BCUT2D eigenvalue weighted by Gasteiger charge is 2.28. The molecule has 0 bridgehead atoms. The monoisotopic (exact) mass is 267 g/mol. The van der Waals surface area contributed by atoms with Crippen molar-refractivity contribution in [2.24, 2.45) is 5.41 Å². The van der Waals surface area contributed by atoms with E-state index in [1.165, 1.54) is 0 Å². The van der Waals surface area contributed by atoms with Crippen LogP contribution in [0.25, 0.3) is 0 Å². The van der Waals surface area contributed by atoms with Crippen LogP contribution in [0.1, 0.15) is 40.5 Å². The number of rotatable bonds is 7. The van der Waals surface area contributed by atoms with E-state index in [-0.39, 0.29) is 11.0 Å². The molecule has 0 radical (unpaired) electrons. The summed E-state index contributed by atoms with van der Waals surface area (Å²) in [6.07, 6.45) is 1.59. The third-order valence-electron chi connectivity index (χ3n) is 3.94. The molecule has 1 fully saturated rings. The SMILES string of the molecule is CC(C)(CCC#N)CNCC(C)(C)N1CCOCC1. The molecule has 0 atom stereocenters. The predicted octanol–water partition coefficient (Wildman–Crippen LogP) is 2.02. The molecule has 1 heterocycles. The van der Waals surface area contributed by atoms with E-state index in [9.17, 15) is 0 Å². The third kappa shape index (κ3) is 5.90. The molecular weight excluding hydrogens is 238 g/mol. The first kappa shape index (κ1) is 16.4. The highest BCUT2D eigenvalue weighted by Crippen LogP contribution is 2.21. The summed E-state index contributed by atoms with van der Waals surface area (Å²) >= 11 is 0. The topological polar surface area (TPSA) is 48.3 Å². The highest BCUT2D eigenvalue weighted by atomic mass is 16.5. The Hall–Kier alpha value is -0.630. The molecule has 0 aliphatic carbocycles. The van der Waals surface area contributed by atoms with Crippen LogP contribution < -0.4 is 5.32 Å². The molecule has 0 aromatic rings. The molecule has 1 aliphatic rings. The Morgan fingerprint density at radius 3 is 2.37 bits per heavy atom. The van der Waals surface area contributed by atoms with Crippen LogP contribution in [0, 0.1) is 16.7 Å². The maximum Gasteiger partial charge on any atom is 0.0621 e. The van der Waals surface area contributed by atoms with Crippen molar-refractivity contribution in [1.29, 1.82) is 5.26 Å². The molecule has 1 rings (SSSR count). The lowest BCUT2D eigenvalue weighted by Gasteiger charge is -2.41. The molecule has 0 amide bonds. The number of nitrogens with zero attached hydrogens (tertiary/aromatic N) is 2. The Kier molecular flexibility index (Phi) is 6.25. The lowest BCUT2D eigenvalue weighted by molar-refractivity contribution is -0.0101. The summed E-state index contributed by atoms with van der Waals surface area (Å²) in [5.74, 6) is 0. The van der Waals surface area contributed by atoms with Gasteiger partial charge in [0.05, 0.1) is 19.3 Å². The molecule has 110 valence electrons. The Balaban J connectivity index is 2.32. The van der Waals surface area contributed by atoms with Crippen LogP contribution in [0.3, 0.4) is 0 Å². The van der Waals surface area contributed by atoms with Crippen LogP contribution in [0.5, 0.6) is 0 Å². The Morgan fingerprint density at radius 1 is 1.16 bits per heavy atom. The lowest BCUT2D eigenvalue weighted by Crippen LogP contribution is -2.55. The minimum absolute atomic E-state index is 0.162. The van der Waals surface area contributed by atoms with Gasteiger partial charge in [0.15, 0.2) is 0 Å². The van der Waals surface area contributed by atoms with E-state index in [1.54, 1.807) is 0 Å². The van der Waals surface area contributed by atoms with Crippen molar-refractivity contribution < 1.29 is 4.74 Å². The summed E-state index contributed by atoms with van der Waals surface area (Å²) in [5, 5.41) is 12.2. The van der Waals surface area contributed by atoms with Crippen LogP contribution in [-0.4, -0.2) is 49.8 Å². The molecule has 0 aromatic heterocycles. The molecule has 0 spiro atoms. The minimum Gasteiger partial charge on any atom is -0.379 e. The van der Waals surface area contributed by atoms with E-state index in [2.05, 4.69) is 44.0 Å². The molecule has 0 unspecified atom stereocenters. The first-order valence-electron chi connectivity index (χ1n) is 7.28. The molecule has 4 heteroatoms. The summed E-state index contributed by atoms with van der Waals surface area (Å²) in [4.78, 5) is 2.49. The molecule has 1 N–H and O–H groups in total. The zero-order valence-corrected chi connectivity index (χ0v) is 13.0. The Labute approximate surface area is 118 Å². The zero-order valence-electron chi connectivity index (χ0n) is 13.0. The summed E-state index contributed by atoms with van der Waals surface area (Å²) in [5.41, 5.74) is 0.353. The number of ether oxygens (including phenoxy) is 1. The van der Waals surface area contributed by atoms with Crippen LogP contribution in [-0.2, 0) is 4.74 Å². The van der Waals surface area contributed by atoms with Gasteiger partial charge in [0.1, 0.15) is 0 Å². The van der Waals surface area contributed by atoms with Crippen molar-refractivity contribution in [3.05, 3.63) is 0 Å². The van der Waals surface area contributed by atoms with Gasteiger partial charge in [-0.25, -0.2) is 0 Å². The average Bonchev–Trinajstić information content (AvgIpc) is 2.37. The van der Waals surface area contributed by atoms with Gasteiger partial charge < -0.3 is 10.1 Å². The summed E-state index contributed by atoms with van der Waals surface area (Å²) in [6, 6.07) is 2.23. The fraction of sp³-hybridized carbons (Fsp3) is 0.933. The second-order valence-corrected chi connectivity index (χ2v) is 6.84. The zero-order chi connectivity index (χ0) is 14.4. The van der Waals surface area contributed by atoms with Crippen LogP contribution in [0.2, 0.25) is 0 Å². The third-order valence-corrected chi connectivity index (χ3v) is 3.94. The highest BCUT2D eigenvalue weighted by molar-refractivity contribution is 4.86. The van der Waals surface area contributed by atoms with Gasteiger partial charge in [-0.15, -0.1) is 0 Å². The van der Waals surface area contributed by atoms with E-state index >= 15 is 0 Å². The molecule has 4 nitrogen and oxygen atoms in total. The van der Waals surface area contributed by atoms with Gasteiger partial charge in [-0.3, -0.25) is 4.90 Å². The van der Waals surface area contributed by atoms with Gasteiger partial charge in [-0.05, 0) is 25.7 Å². The molecule has 19 heavy (non-hydrogen) atoms. The van der Waals surface area contributed by atoms with Crippen molar-refractivity contribution >= 4 is 0 Å². The molecule has 0 saturated carbocycles. The largest absolute Gasteiger partial charge is 0.379 e. The predicted molar refractivity (Wildman–Crippen MR) is 78.0 cm³/mol. The van der Waals surface area contributed by atoms with Crippen molar-refractivity contribution in [1.82, 2.24) is 10.2 Å². The summed E-state index contributed by atoms with van der Waals surface area (Å²) in [7, 11) is 0. The van der Waals surface area contributed by atoms with E-state index in [0.717, 1.165) is 45.8 Å². The normalized spacial score (nSPS) is 18.3. The van der Waals surface area contributed by atoms with E-state index in [1.807, 2.05) is 0 Å². The second kappa shape index (κ2) is 7.23. The minimum atomic E-state index is 0.162. The number of morpholine rings is 1. The van der Waals surface area contributed by atoms with Crippen molar-refractivity contribution in [3.8, 4) is 6.07 Å². The lowest BCUT2D eigenvalue weighted by atomic mass is 9.87. The van der Waals surface area contributed by atoms with Gasteiger partial charge in [-0.2, -0.15) is 5.26 Å². The molecule has 1 saturated heterocycles. The van der Waals surface area contributed by atoms with E-state index in [0.29, 0.717) is 6.42 Å². The summed E-state index contributed by atoms with van der Waals surface area (Å²) in [6.45, 7) is 14.7. The Bertz CT molecular complexity index is 301. The number of nitriles is 1. The number of hydrogen-bond acceptors (Lipinski definition) is 4. The van der Waals surface area contributed by atoms with E-state index < -0.39 is 0 Å². The first-order valence-corrected chi connectivity index (χ1v) is 7.28. The number of hydrogen-bond donors (Lipinski definition) is 1. The Morgan fingerprint density at radius 2 is 1.79 bits per heavy atom. The van der Waals surface area contributed by atoms with Crippen LogP contribution in [0.15, 0.2) is 0 Å². The average molecular weight is 267 g/mol. The smallest absolute Gasteiger partial charge is 0.0621 e. The van der Waals surface area contributed by atoms with Gasteiger partial charge in [0.2, 0.25) is 0 Å². The maximum absolute atomic E-state index is 8.67. The van der Waals surface area contributed by atoms with Gasteiger partial charge >= 0.3 is 0 Å². The maximum atomic E-state index is 8.67. The molecule has 0 aromatic carbocycles. The van der Waals surface area contributed by atoms with Gasteiger partial charge in [0, 0.05) is 38.1 Å². The quantitative estimate of drug-likeness (QED) is 0.766. The van der Waals surface area contributed by atoms with Crippen LogP contribution >= 0.6 is 0 Å². The van der Waals surface area contributed by atoms with Gasteiger partial charge in [0.25, 0.3) is 0 Å². The second-order valence-electron chi connectivity index (χ2n) is 6.84.